The van der Waals surface area contributed by atoms with Crippen LogP contribution in [0.1, 0.15) is 120 Å². The molecular formula is C56H70N2O19. The van der Waals surface area contributed by atoms with Gasteiger partial charge in [-0.05, 0) is 144 Å². The maximum Gasteiger partial charge on any atom is 0.339 e. The molecule has 0 radical (unpaired) electrons. The van der Waals surface area contributed by atoms with Gasteiger partial charge in [0.25, 0.3) is 0 Å². The van der Waals surface area contributed by atoms with E-state index in [4.69, 9.17) is 47.4 Å². The molecule has 6 aliphatic heterocycles. The summed E-state index contributed by atoms with van der Waals surface area (Å²) in [5.41, 5.74) is -6.37. The van der Waals surface area contributed by atoms with Crippen molar-refractivity contribution in [1.82, 2.24) is 9.80 Å². The fraction of sp³-hybridized carbons (Fsp3) is 0.625. The summed E-state index contributed by atoms with van der Waals surface area (Å²) in [7, 11) is 5.20. The molecule has 2 aromatic carbocycles. The minimum absolute atomic E-state index is 0.00894. The number of carbonyl (C=O) groups is 5. The first kappa shape index (κ1) is 54.2. The highest BCUT2D eigenvalue weighted by atomic mass is 16.7. The number of fused-ring (bicyclic) bond motifs is 6. The molecule has 2 saturated heterocycles. The smallest absolute Gasteiger partial charge is 0.339 e. The Labute approximate surface area is 446 Å². The lowest BCUT2D eigenvalue weighted by Gasteiger charge is -2.42. The normalized spacial score (nSPS) is 29.1. The molecular weight excluding hydrogens is 1000 g/mol. The van der Waals surface area contributed by atoms with Crippen LogP contribution in [0, 0.1) is 5.92 Å². The minimum Gasteiger partial charge on any atom is -0.497 e. The molecule has 21 nitrogen and oxygen atoms in total. The fourth-order valence-electron chi connectivity index (χ4n) is 13.5. The van der Waals surface area contributed by atoms with Crippen LogP contribution in [0.25, 0.3) is 0 Å². The zero-order valence-electron chi connectivity index (χ0n) is 44.8. The van der Waals surface area contributed by atoms with Crippen molar-refractivity contribution in [3.63, 3.8) is 0 Å². The number of esters is 4. The summed E-state index contributed by atoms with van der Waals surface area (Å²) in [5, 5.41) is 45.5. The van der Waals surface area contributed by atoms with E-state index in [1.165, 1.54) is 41.9 Å². The second kappa shape index (κ2) is 19.6. The summed E-state index contributed by atoms with van der Waals surface area (Å²) in [6.45, 7) is 6.81. The molecule has 2 aliphatic carbocycles. The van der Waals surface area contributed by atoms with Crippen molar-refractivity contribution in [2.75, 3.05) is 55.1 Å². The summed E-state index contributed by atoms with van der Waals surface area (Å²) >= 11 is 0. The lowest BCUT2D eigenvalue weighted by atomic mass is 9.75. The number of nitrogens with zero attached hydrogens (tertiary/aromatic N) is 2. The fourth-order valence-corrected chi connectivity index (χ4v) is 13.5. The maximum absolute atomic E-state index is 15.8. The van der Waals surface area contributed by atoms with Crippen LogP contribution in [0.4, 0.5) is 0 Å². The van der Waals surface area contributed by atoms with Gasteiger partial charge in [0.2, 0.25) is 19.5 Å². The largest absolute Gasteiger partial charge is 0.497 e. The standard InChI is InChI=1S/C56H70N2O19/c1-51(2,64)13-15-55(66,26-42(59)70-7)49(62)76-46-40(68-5)24-53-12-9-35(57(53)17-10-30-19-36-38(74-28-72-36)21-32(30)44(46)53)34-23-54-25-41(69-6)47(77-50(63)56(67,27-43(60)71-8)16-14-52(3,4)65)45(54)33-22-39-37(73-29-75-39)20-31(33)11-18-58(54)48(34)61/h19-22,24-25,34-35,44-47,64-67H,9-18,23,26-29H2,1-8H3/t34-,35-,44+,45+,46+,47+,53-,54-,55+,56+/m0/s1. The van der Waals surface area contributed by atoms with Gasteiger partial charge in [0, 0.05) is 19.1 Å². The molecule has 2 fully saturated rings. The van der Waals surface area contributed by atoms with Crippen LogP contribution in [0.15, 0.2) is 47.9 Å². The summed E-state index contributed by atoms with van der Waals surface area (Å²) in [4.78, 5) is 74.8. The third-order valence-electron chi connectivity index (χ3n) is 17.4. The summed E-state index contributed by atoms with van der Waals surface area (Å²) < 4.78 is 58.4. The second-order valence-electron chi connectivity index (χ2n) is 23.2. The maximum atomic E-state index is 15.8. The van der Waals surface area contributed by atoms with Gasteiger partial charge in [0.05, 0.1) is 81.3 Å². The monoisotopic (exact) mass is 1070 g/mol. The average Bonchev–Trinajstić information content (AvgIpc) is 4.27. The lowest BCUT2D eigenvalue weighted by Crippen LogP contribution is -2.53. The average molecular weight is 1080 g/mol. The molecule has 21 heteroatoms. The van der Waals surface area contributed by atoms with Crippen molar-refractivity contribution >= 4 is 29.8 Å². The first-order valence-electron chi connectivity index (χ1n) is 26.3. The molecule has 6 heterocycles. The van der Waals surface area contributed by atoms with Crippen molar-refractivity contribution in [3.05, 3.63) is 70.2 Å². The highest BCUT2D eigenvalue weighted by molar-refractivity contribution is 5.88. The molecule has 2 aromatic rings. The molecule has 0 aromatic heterocycles. The van der Waals surface area contributed by atoms with E-state index < -0.39 is 106 Å². The Morgan fingerprint density at radius 1 is 0.636 bits per heavy atom. The van der Waals surface area contributed by atoms with Gasteiger partial charge in [-0.15, -0.1) is 0 Å². The van der Waals surface area contributed by atoms with Crippen molar-refractivity contribution in [2.24, 2.45) is 5.92 Å². The highest BCUT2D eigenvalue weighted by Gasteiger charge is 2.68. The SMILES string of the molecule is COC(=O)C[C@](O)(CCC(C)(C)O)C(=O)O[C@@H]1C(OC)=C[C@]23C[C@@H]([C@@H]4CC[C@]56C=C(OC)[C@@H](OC(=O)[C@@](O)(CCC(C)(C)O)CC(=O)OC)[C@H]5c5cc7c(cc5CCN46)OCO7)C(=O)N2CCc2cc4c(cc2[C@H]13)OCO4. The van der Waals surface area contributed by atoms with E-state index in [1.807, 2.05) is 41.3 Å². The van der Waals surface area contributed by atoms with E-state index in [9.17, 15) is 39.6 Å². The molecule has 10 rings (SSSR count). The third kappa shape index (κ3) is 9.42. The number of aliphatic hydroxyl groups is 4. The highest BCUT2D eigenvalue weighted by Crippen LogP contribution is 2.62. The number of hydrogen-bond acceptors (Lipinski definition) is 20. The van der Waals surface area contributed by atoms with E-state index in [2.05, 4.69) is 4.90 Å². The minimum atomic E-state index is -2.42. The Hall–Kier alpha value is -6.13. The van der Waals surface area contributed by atoms with Crippen LogP contribution in [0.2, 0.25) is 0 Å². The van der Waals surface area contributed by atoms with Gasteiger partial charge in [0.1, 0.15) is 11.5 Å². The zero-order chi connectivity index (χ0) is 55.2. The lowest BCUT2D eigenvalue weighted by molar-refractivity contribution is -0.179. The topological polar surface area (TPSA) is 265 Å². The van der Waals surface area contributed by atoms with E-state index in [0.29, 0.717) is 66.5 Å². The predicted octanol–water partition coefficient (Wildman–Crippen LogP) is 3.52. The van der Waals surface area contributed by atoms with Crippen LogP contribution < -0.4 is 18.9 Å². The van der Waals surface area contributed by atoms with Crippen molar-refractivity contribution in [2.45, 2.75) is 162 Å². The van der Waals surface area contributed by atoms with Crippen LogP contribution in [-0.2, 0) is 65.2 Å². The number of benzene rings is 2. The van der Waals surface area contributed by atoms with Gasteiger partial charge in [-0.25, -0.2) is 9.59 Å². The van der Waals surface area contributed by atoms with Crippen LogP contribution in [-0.4, -0.2) is 167 Å². The first-order chi connectivity index (χ1) is 36.4. The number of hydrogen-bond donors (Lipinski definition) is 4. The van der Waals surface area contributed by atoms with Gasteiger partial charge in [0.15, 0.2) is 46.4 Å². The molecule has 0 bridgehead atoms. The third-order valence-corrected chi connectivity index (χ3v) is 17.4. The molecule has 77 heavy (non-hydrogen) atoms. The van der Waals surface area contributed by atoms with Crippen LogP contribution >= 0.6 is 0 Å². The van der Waals surface area contributed by atoms with Gasteiger partial charge in [-0.2, -0.15) is 0 Å². The number of carbonyl (C=O) groups excluding carboxylic acids is 5. The number of rotatable bonds is 17. The van der Waals surface area contributed by atoms with Gasteiger partial charge in [-0.3, -0.25) is 19.3 Å². The van der Waals surface area contributed by atoms with Crippen LogP contribution in [0.5, 0.6) is 23.0 Å². The van der Waals surface area contributed by atoms with Crippen molar-refractivity contribution in [1.29, 1.82) is 0 Å². The summed E-state index contributed by atoms with van der Waals surface area (Å²) in [5.74, 6) is -3.75. The molecule has 8 aliphatic rings. The first-order valence-corrected chi connectivity index (χ1v) is 26.3. The molecule has 0 saturated carbocycles. The van der Waals surface area contributed by atoms with E-state index in [-0.39, 0.29) is 63.9 Å². The number of methoxy groups -OCH3 is 4. The predicted molar refractivity (Wildman–Crippen MR) is 267 cm³/mol. The zero-order valence-corrected chi connectivity index (χ0v) is 44.8. The molecule has 1 amide bonds. The molecule has 4 N–H and O–H groups in total. The molecule has 2 spiro atoms. The molecule has 0 unspecified atom stereocenters. The Morgan fingerprint density at radius 2 is 1.08 bits per heavy atom. The number of ether oxygens (including phenoxy) is 10. The van der Waals surface area contributed by atoms with E-state index in [1.54, 1.807) is 0 Å². The summed E-state index contributed by atoms with van der Waals surface area (Å²) in [6.07, 6.45) is 1.23. The molecule has 10 atom stereocenters. The Balaban J connectivity index is 1.04. The van der Waals surface area contributed by atoms with E-state index >= 15 is 4.79 Å². The van der Waals surface area contributed by atoms with Crippen molar-refractivity contribution < 1.29 is 91.8 Å². The van der Waals surface area contributed by atoms with Gasteiger partial charge < -0.3 is 72.7 Å². The Morgan fingerprint density at radius 3 is 1.53 bits per heavy atom. The molecule has 418 valence electrons. The quantitative estimate of drug-likeness (QED) is 0.130. The van der Waals surface area contributed by atoms with Crippen LogP contribution in [0.3, 0.4) is 0 Å². The van der Waals surface area contributed by atoms with E-state index in [0.717, 1.165) is 30.9 Å². The Kier molecular flexibility index (Phi) is 13.8. The Bertz CT molecular complexity index is 2800. The second-order valence-corrected chi connectivity index (χ2v) is 23.2. The van der Waals surface area contributed by atoms with Crippen molar-refractivity contribution in [3.8, 4) is 23.0 Å². The summed E-state index contributed by atoms with van der Waals surface area (Å²) in [6, 6.07) is 7.12. The van der Waals surface area contributed by atoms with Gasteiger partial charge in [-0.1, -0.05) is 0 Å². The number of amides is 1. The van der Waals surface area contributed by atoms with Gasteiger partial charge >= 0.3 is 23.9 Å².